The molecular formula is C24H36ClN3O5S. The molecule has 10 heteroatoms. The van der Waals surface area contributed by atoms with Crippen molar-refractivity contribution in [3.8, 4) is 0 Å². The molecule has 2 N–H and O–H groups in total. The van der Waals surface area contributed by atoms with E-state index in [1.165, 1.54) is 12.1 Å². The maximum absolute atomic E-state index is 13.4. The van der Waals surface area contributed by atoms with Crippen LogP contribution in [0.4, 0.5) is 0 Å². The Labute approximate surface area is 207 Å². The summed E-state index contributed by atoms with van der Waals surface area (Å²) in [5, 5.41) is 19.8. The fourth-order valence-corrected chi connectivity index (χ4v) is 5.99. The van der Waals surface area contributed by atoms with Gasteiger partial charge >= 0.3 is 5.97 Å². The molecule has 0 aliphatic carbocycles. The van der Waals surface area contributed by atoms with E-state index in [2.05, 4.69) is 11.9 Å². The number of imidazole rings is 1. The van der Waals surface area contributed by atoms with Crippen molar-refractivity contribution >= 4 is 27.6 Å². The smallest absolute Gasteiger partial charge is 0.322 e. The van der Waals surface area contributed by atoms with Gasteiger partial charge in [-0.2, -0.15) is 4.31 Å². The highest BCUT2D eigenvalue weighted by molar-refractivity contribution is 7.89. The van der Waals surface area contributed by atoms with E-state index >= 15 is 0 Å². The quantitative estimate of drug-likeness (QED) is 0.389. The second-order valence-electron chi connectivity index (χ2n) is 8.54. The Balaban J connectivity index is 2.38. The van der Waals surface area contributed by atoms with Gasteiger partial charge in [-0.05, 0) is 36.5 Å². The topological polar surface area (TPSA) is 113 Å². The fourth-order valence-electron chi connectivity index (χ4n) is 3.96. The summed E-state index contributed by atoms with van der Waals surface area (Å²) in [4.78, 5) is 16.4. The van der Waals surface area contributed by atoms with Crippen LogP contribution in [0.2, 0.25) is 5.15 Å². The first-order chi connectivity index (χ1) is 16.1. The van der Waals surface area contributed by atoms with Gasteiger partial charge in [0, 0.05) is 19.5 Å². The molecule has 2 aromatic rings. The summed E-state index contributed by atoms with van der Waals surface area (Å²) in [7, 11) is -4.01. The normalized spacial score (nSPS) is 13.9. The molecule has 0 amide bonds. The van der Waals surface area contributed by atoms with E-state index < -0.39 is 22.0 Å². The van der Waals surface area contributed by atoms with Crippen LogP contribution in [0.15, 0.2) is 29.2 Å². The Morgan fingerprint density at radius 1 is 1.18 bits per heavy atom. The second-order valence-corrected chi connectivity index (χ2v) is 10.8. The summed E-state index contributed by atoms with van der Waals surface area (Å²) in [6.07, 6.45) is 3.70. The third-order valence-corrected chi connectivity index (χ3v) is 8.26. The van der Waals surface area contributed by atoms with Crippen molar-refractivity contribution in [2.45, 2.75) is 83.9 Å². The zero-order chi connectivity index (χ0) is 25.5. The predicted molar refractivity (Wildman–Crippen MR) is 132 cm³/mol. The lowest BCUT2D eigenvalue weighted by Crippen LogP contribution is -2.48. The number of sulfonamides is 1. The van der Waals surface area contributed by atoms with Gasteiger partial charge in [0.25, 0.3) is 0 Å². The highest BCUT2D eigenvalue weighted by Crippen LogP contribution is 2.26. The lowest BCUT2D eigenvalue weighted by atomic mass is 9.99. The molecule has 0 aliphatic rings. The van der Waals surface area contributed by atoms with Gasteiger partial charge in [-0.3, -0.25) is 4.79 Å². The molecule has 0 radical (unpaired) electrons. The van der Waals surface area contributed by atoms with Crippen LogP contribution in [0.25, 0.3) is 0 Å². The van der Waals surface area contributed by atoms with E-state index in [0.29, 0.717) is 25.1 Å². The van der Waals surface area contributed by atoms with E-state index in [0.717, 1.165) is 35.0 Å². The molecule has 1 aromatic carbocycles. The van der Waals surface area contributed by atoms with Gasteiger partial charge in [0.1, 0.15) is 11.9 Å². The number of aromatic nitrogens is 2. The molecule has 34 heavy (non-hydrogen) atoms. The van der Waals surface area contributed by atoms with Crippen molar-refractivity contribution in [3.63, 3.8) is 0 Å². The summed E-state index contributed by atoms with van der Waals surface area (Å²) in [6.45, 7) is 7.78. The first-order valence-electron chi connectivity index (χ1n) is 11.8. The molecule has 0 saturated carbocycles. The number of hydrogen-bond donors (Lipinski definition) is 2. The van der Waals surface area contributed by atoms with Crippen LogP contribution >= 0.6 is 11.6 Å². The molecular weight excluding hydrogens is 478 g/mol. The number of hydrogen-bond acceptors (Lipinski definition) is 5. The third-order valence-electron chi connectivity index (χ3n) is 6.07. The first-order valence-corrected chi connectivity index (χ1v) is 13.6. The van der Waals surface area contributed by atoms with Crippen LogP contribution in [0.3, 0.4) is 0 Å². The number of unbranched alkanes of at least 4 members (excludes halogenated alkanes) is 1. The number of rotatable bonds is 14. The van der Waals surface area contributed by atoms with Crippen LogP contribution in [0, 0.1) is 5.92 Å². The van der Waals surface area contributed by atoms with E-state index in [1.54, 1.807) is 19.1 Å². The van der Waals surface area contributed by atoms with Gasteiger partial charge in [0.2, 0.25) is 10.0 Å². The van der Waals surface area contributed by atoms with E-state index in [1.807, 2.05) is 18.4 Å². The van der Waals surface area contributed by atoms with Gasteiger partial charge in [0.05, 0.1) is 17.2 Å². The number of aryl methyl sites for hydroxylation is 1. The van der Waals surface area contributed by atoms with E-state index in [9.17, 15) is 23.4 Å². The Hall–Kier alpha value is -1.94. The number of aliphatic hydroxyl groups is 1. The molecule has 2 atom stereocenters. The lowest BCUT2D eigenvalue weighted by Gasteiger charge is -2.31. The predicted octanol–water partition coefficient (Wildman–Crippen LogP) is 4.32. The van der Waals surface area contributed by atoms with Gasteiger partial charge in [-0.25, -0.2) is 13.4 Å². The van der Waals surface area contributed by atoms with Crippen LogP contribution in [-0.2, 0) is 34.4 Å². The average molecular weight is 514 g/mol. The highest BCUT2D eigenvalue weighted by atomic mass is 35.5. The van der Waals surface area contributed by atoms with Crippen LogP contribution < -0.4 is 0 Å². The summed E-state index contributed by atoms with van der Waals surface area (Å²) < 4.78 is 29.8. The number of benzene rings is 1. The highest BCUT2D eigenvalue weighted by Gasteiger charge is 2.38. The maximum Gasteiger partial charge on any atom is 0.322 e. The minimum Gasteiger partial charge on any atom is -0.480 e. The Bertz CT molecular complexity index is 1050. The van der Waals surface area contributed by atoms with Crippen molar-refractivity contribution in [1.82, 2.24) is 13.9 Å². The molecule has 2 rings (SSSR count). The van der Waals surface area contributed by atoms with Gasteiger partial charge in [-0.1, -0.05) is 64.3 Å². The molecule has 1 aromatic heterocycles. The minimum absolute atomic E-state index is 0.0523. The number of nitrogens with zero attached hydrogens (tertiary/aromatic N) is 3. The number of carboxylic acids is 1. The Kier molecular flexibility index (Phi) is 10.5. The van der Waals surface area contributed by atoms with E-state index in [4.69, 9.17) is 11.6 Å². The van der Waals surface area contributed by atoms with Crippen LogP contribution in [0.1, 0.15) is 70.5 Å². The van der Waals surface area contributed by atoms with Crippen molar-refractivity contribution < 1.29 is 23.4 Å². The number of carbonyl (C=O) groups is 1. The van der Waals surface area contributed by atoms with Crippen molar-refractivity contribution in [3.05, 3.63) is 46.5 Å². The molecule has 0 fully saturated rings. The SMILES string of the molecule is CCCCc1nc(Cl)c(CO)n1Cc1ccc(S(=O)(=O)N(CCC)[C@@H](C(=O)O)[C@H](C)CC)cc1. The first kappa shape index (κ1) is 28.3. The lowest BCUT2D eigenvalue weighted by molar-refractivity contribution is -0.143. The van der Waals surface area contributed by atoms with Gasteiger partial charge in [0.15, 0.2) is 5.15 Å². The van der Waals surface area contributed by atoms with E-state index in [-0.39, 0.29) is 29.1 Å². The standard InChI is InChI=1S/C24H36ClN3O5S/c1-5-8-9-21-26-23(25)20(16-29)27(21)15-18-10-12-19(13-11-18)34(32,33)28(14-6-2)22(24(30)31)17(4)7-3/h10-13,17,22,29H,5-9,14-16H2,1-4H3,(H,30,31)/t17-,22-/m1/s1. The molecule has 0 bridgehead atoms. The molecule has 8 nitrogen and oxygen atoms in total. The zero-order valence-electron chi connectivity index (χ0n) is 20.4. The second kappa shape index (κ2) is 12.7. The number of halogens is 1. The third kappa shape index (κ3) is 6.38. The summed E-state index contributed by atoms with van der Waals surface area (Å²) in [5.41, 5.74) is 1.34. The summed E-state index contributed by atoms with van der Waals surface area (Å²) in [5.74, 6) is -0.696. The summed E-state index contributed by atoms with van der Waals surface area (Å²) >= 11 is 6.21. The van der Waals surface area contributed by atoms with Gasteiger partial charge < -0.3 is 14.8 Å². The summed E-state index contributed by atoms with van der Waals surface area (Å²) in [6, 6.07) is 5.29. The molecule has 0 aliphatic heterocycles. The zero-order valence-corrected chi connectivity index (χ0v) is 21.9. The number of carboxylic acid groups (broad SMARTS) is 1. The monoisotopic (exact) mass is 513 g/mol. The largest absolute Gasteiger partial charge is 0.480 e. The molecule has 190 valence electrons. The van der Waals surface area contributed by atoms with Crippen molar-refractivity contribution in [2.75, 3.05) is 6.54 Å². The van der Waals surface area contributed by atoms with Crippen LogP contribution in [0.5, 0.6) is 0 Å². The van der Waals surface area contributed by atoms with Crippen molar-refractivity contribution in [2.24, 2.45) is 5.92 Å². The molecule has 1 heterocycles. The van der Waals surface area contributed by atoms with Crippen LogP contribution in [-0.4, -0.2) is 51.0 Å². The van der Waals surface area contributed by atoms with Crippen molar-refractivity contribution in [1.29, 1.82) is 0 Å². The minimum atomic E-state index is -4.01. The Morgan fingerprint density at radius 2 is 1.82 bits per heavy atom. The molecule has 0 unspecified atom stereocenters. The molecule has 0 spiro atoms. The fraction of sp³-hybridized carbons (Fsp3) is 0.583. The number of aliphatic carboxylic acids is 1. The Morgan fingerprint density at radius 3 is 2.32 bits per heavy atom. The average Bonchev–Trinajstić information content (AvgIpc) is 3.10. The maximum atomic E-state index is 13.4. The number of aliphatic hydroxyl groups excluding tert-OH is 1. The van der Waals surface area contributed by atoms with Gasteiger partial charge in [-0.15, -0.1) is 0 Å². The molecule has 0 saturated heterocycles.